The third kappa shape index (κ3) is 4.59. The number of nitriles is 1. The number of hydrogen-bond acceptors (Lipinski definition) is 9. The Kier molecular flexibility index (Phi) is 7.57. The van der Waals surface area contributed by atoms with Gasteiger partial charge < -0.3 is 19.5 Å². The lowest BCUT2D eigenvalue weighted by molar-refractivity contribution is -0.0557. The van der Waals surface area contributed by atoms with E-state index in [4.69, 9.17) is 9.47 Å². The van der Waals surface area contributed by atoms with E-state index >= 15 is 0 Å². The van der Waals surface area contributed by atoms with Gasteiger partial charge in [0.15, 0.2) is 6.35 Å². The lowest BCUT2D eigenvalue weighted by atomic mass is 9.68. The first-order valence-corrected chi connectivity index (χ1v) is 12.2. The van der Waals surface area contributed by atoms with Gasteiger partial charge >= 0.3 is 0 Å². The van der Waals surface area contributed by atoms with E-state index in [1.807, 2.05) is 11.0 Å². The van der Waals surface area contributed by atoms with Gasteiger partial charge in [0.1, 0.15) is 11.8 Å². The van der Waals surface area contributed by atoms with Crippen LogP contribution in [0, 0.1) is 11.3 Å². The van der Waals surface area contributed by atoms with Crippen molar-refractivity contribution < 1.29 is 14.6 Å². The van der Waals surface area contributed by atoms with Crippen LogP contribution in [-0.4, -0.2) is 84.8 Å². The van der Waals surface area contributed by atoms with Crippen molar-refractivity contribution in [1.82, 2.24) is 19.8 Å². The van der Waals surface area contributed by atoms with Gasteiger partial charge in [-0.05, 0) is 51.8 Å². The fourth-order valence-corrected chi connectivity index (χ4v) is 5.92. The lowest BCUT2D eigenvalue weighted by Gasteiger charge is -2.51. The molecule has 188 valence electrons. The first-order chi connectivity index (χ1) is 16.9. The molecule has 4 rings (SSSR count). The molecule has 1 atom stereocenters. The van der Waals surface area contributed by atoms with Crippen molar-refractivity contribution in [3.05, 3.63) is 47.9 Å². The van der Waals surface area contributed by atoms with E-state index in [1.54, 1.807) is 13.3 Å². The Hall–Kier alpha value is -2.77. The molecule has 1 spiro atoms. The Balaban J connectivity index is 1.66. The van der Waals surface area contributed by atoms with Crippen molar-refractivity contribution >= 4 is 5.69 Å². The second kappa shape index (κ2) is 10.5. The van der Waals surface area contributed by atoms with Crippen LogP contribution in [0.2, 0.25) is 0 Å². The molecule has 1 aromatic heterocycles. The summed E-state index contributed by atoms with van der Waals surface area (Å²) in [5.41, 5.74) is 1.68. The minimum atomic E-state index is -0.846. The van der Waals surface area contributed by atoms with Crippen LogP contribution in [0.5, 0.6) is 5.88 Å². The first-order valence-electron chi connectivity index (χ1n) is 12.2. The monoisotopic (exact) mass is 480 g/mol. The van der Waals surface area contributed by atoms with Crippen LogP contribution in [-0.2, 0) is 10.3 Å². The predicted octanol–water partition coefficient (Wildman–Crippen LogP) is 2.56. The standard InChI is InChI=1S/C26H36N6O3/c1-30(2)26(20-9-6-5-7-10-20)13-11-25(12-14-26)19-31(24(33)32(25)15-8-16-34-3)21-18-28-22(17-27)29-23(21)35-4/h5-7,9-10,18,24,33H,8,11-16,19H2,1-4H3/t24?,25-,26+. The quantitative estimate of drug-likeness (QED) is 0.572. The summed E-state index contributed by atoms with van der Waals surface area (Å²) in [6.07, 6.45) is 5.37. The van der Waals surface area contributed by atoms with Crippen LogP contribution in [0.4, 0.5) is 5.69 Å². The van der Waals surface area contributed by atoms with E-state index in [1.165, 1.54) is 12.7 Å². The molecule has 2 aliphatic rings. The largest absolute Gasteiger partial charge is 0.479 e. The SMILES string of the molecule is COCCCN1C(O)N(c2cnc(C#N)nc2OC)C[C@]12CC[C@](c1ccccc1)(N(C)C)CC2. The Labute approximate surface area is 207 Å². The summed E-state index contributed by atoms with van der Waals surface area (Å²) in [7, 11) is 7.55. The number of aliphatic hydroxyl groups is 1. The zero-order valence-corrected chi connectivity index (χ0v) is 21.1. The topological polar surface area (TPSA) is 98.0 Å². The Morgan fingerprint density at radius 2 is 1.89 bits per heavy atom. The van der Waals surface area contributed by atoms with Crippen LogP contribution >= 0.6 is 0 Å². The average Bonchev–Trinajstić information content (AvgIpc) is 3.15. The van der Waals surface area contributed by atoms with Crippen LogP contribution in [0.1, 0.15) is 43.5 Å². The highest BCUT2D eigenvalue weighted by molar-refractivity contribution is 5.56. The third-order valence-corrected chi connectivity index (χ3v) is 7.89. The molecular formula is C26H36N6O3. The maximum Gasteiger partial charge on any atom is 0.241 e. The molecule has 1 saturated carbocycles. The molecule has 0 bridgehead atoms. The number of nitrogens with zero attached hydrogens (tertiary/aromatic N) is 6. The van der Waals surface area contributed by atoms with Crippen molar-refractivity contribution in [1.29, 1.82) is 5.26 Å². The van der Waals surface area contributed by atoms with Gasteiger partial charge in [0.25, 0.3) is 0 Å². The minimum Gasteiger partial charge on any atom is -0.479 e. The van der Waals surface area contributed by atoms with E-state index in [9.17, 15) is 10.4 Å². The van der Waals surface area contributed by atoms with Crippen LogP contribution < -0.4 is 9.64 Å². The Morgan fingerprint density at radius 1 is 1.17 bits per heavy atom. The molecule has 2 fully saturated rings. The summed E-state index contributed by atoms with van der Waals surface area (Å²) in [6.45, 7) is 1.98. The fourth-order valence-electron chi connectivity index (χ4n) is 5.92. The number of aliphatic hydroxyl groups excluding tert-OH is 1. The van der Waals surface area contributed by atoms with Gasteiger partial charge in [-0.3, -0.25) is 9.80 Å². The highest BCUT2D eigenvalue weighted by Crippen LogP contribution is 2.50. The summed E-state index contributed by atoms with van der Waals surface area (Å²) in [5, 5.41) is 20.7. The van der Waals surface area contributed by atoms with Crippen molar-refractivity contribution in [3.8, 4) is 11.9 Å². The van der Waals surface area contributed by atoms with E-state index in [-0.39, 0.29) is 16.9 Å². The zero-order chi connectivity index (χ0) is 25.1. The zero-order valence-electron chi connectivity index (χ0n) is 21.1. The summed E-state index contributed by atoms with van der Waals surface area (Å²) in [4.78, 5) is 14.9. The van der Waals surface area contributed by atoms with E-state index in [0.717, 1.165) is 32.1 Å². The summed E-state index contributed by atoms with van der Waals surface area (Å²) >= 11 is 0. The Bertz CT molecular complexity index is 1030. The molecule has 0 radical (unpaired) electrons. The van der Waals surface area contributed by atoms with Gasteiger partial charge in [-0.15, -0.1) is 0 Å². The van der Waals surface area contributed by atoms with Crippen molar-refractivity contribution in [2.45, 2.75) is 49.5 Å². The molecule has 1 aliphatic carbocycles. The van der Waals surface area contributed by atoms with Gasteiger partial charge in [0.2, 0.25) is 11.7 Å². The number of ether oxygens (including phenoxy) is 2. The van der Waals surface area contributed by atoms with Gasteiger partial charge in [0.05, 0.1) is 13.3 Å². The molecule has 9 nitrogen and oxygen atoms in total. The second-order valence-electron chi connectivity index (χ2n) is 9.73. The number of rotatable bonds is 8. The molecule has 1 unspecified atom stereocenters. The average molecular weight is 481 g/mol. The van der Waals surface area contributed by atoms with Crippen LogP contribution in [0.3, 0.4) is 0 Å². The maximum atomic E-state index is 11.5. The molecular weight excluding hydrogens is 444 g/mol. The van der Waals surface area contributed by atoms with Crippen molar-refractivity contribution in [2.24, 2.45) is 0 Å². The fraction of sp³-hybridized carbons (Fsp3) is 0.577. The predicted molar refractivity (Wildman–Crippen MR) is 133 cm³/mol. The van der Waals surface area contributed by atoms with Crippen LogP contribution in [0.15, 0.2) is 36.5 Å². The highest BCUT2D eigenvalue weighted by Gasteiger charge is 2.55. The first kappa shape index (κ1) is 25.3. The van der Waals surface area contributed by atoms with E-state index in [2.05, 4.69) is 64.2 Å². The van der Waals surface area contributed by atoms with Crippen molar-refractivity contribution in [3.63, 3.8) is 0 Å². The van der Waals surface area contributed by atoms with Gasteiger partial charge in [0, 0.05) is 37.9 Å². The van der Waals surface area contributed by atoms with E-state index < -0.39 is 6.35 Å². The Morgan fingerprint density at radius 3 is 2.49 bits per heavy atom. The summed E-state index contributed by atoms with van der Waals surface area (Å²) in [6, 6.07) is 12.7. The smallest absolute Gasteiger partial charge is 0.241 e. The van der Waals surface area contributed by atoms with Gasteiger partial charge in [-0.25, -0.2) is 4.98 Å². The molecule has 2 heterocycles. The molecule has 1 aliphatic heterocycles. The normalized spacial score (nSPS) is 26.9. The highest BCUT2D eigenvalue weighted by atomic mass is 16.5. The summed E-state index contributed by atoms with van der Waals surface area (Å²) < 4.78 is 10.8. The molecule has 0 amide bonds. The number of aromatic nitrogens is 2. The van der Waals surface area contributed by atoms with Crippen molar-refractivity contribution in [2.75, 3.05) is 52.9 Å². The third-order valence-electron chi connectivity index (χ3n) is 7.89. The molecule has 2 aromatic rings. The lowest BCUT2D eigenvalue weighted by Crippen LogP contribution is -2.56. The minimum absolute atomic E-state index is 0.0433. The second-order valence-corrected chi connectivity index (χ2v) is 9.73. The van der Waals surface area contributed by atoms with Gasteiger partial charge in [-0.1, -0.05) is 30.3 Å². The number of hydrogen-bond donors (Lipinski definition) is 1. The number of benzene rings is 1. The molecule has 1 saturated heterocycles. The van der Waals surface area contributed by atoms with Crippen LogP contribution in [0.25, 0.3) is 0 Å². The molecule has 1 aromatic carbocycles. The number of anilines is 1. The van der Waals surface area contributed by atoms with Gasteiger partial charge in [-0.2, -0.15) is 10.2 Å². The van der Waals surface area contributed by atoms with E-state index in [0.29, 0.717) is 31.3 Å². The maximum absolute atomic E-state index is 11.5. The number of methoxy groups -OCH3 is 2. The summed E-state index contributed by atoms with van der Waals surface area (Å²) in [5.74, 6) is 0.342. The molecule has 35 heavy (non-hydrogen) atoms. The molecule has 1 N–H and O–H groups in total. The molecule has 9 heteroatoms.